The van der Waals surface area contributed by atoms with E-state index in [9.17, 15) is 4.79 Å². The van der Waals surface area contributed by atoms with Crippen molar-refractivity contribution in [1.82, 2.24) is 9.97 Å². The summed E-state index contributed by atoms with van der Waals surface area (Å²) in [5, 5.41) is 2.70. The zero-order valence-corrected chi connectivity index (χ0v) is 8.74. The van der Waals surface area contributed by atoms with Gasteiger partial charge in [0.2, 0.25) is 5.91 Å². The van der Waals surface area contributed by atoms with E-state index in [1.807, 2.05) is 20.8 Å². The maximum atomic E-state index is 11.4. The van der Waals surface area contributed by atoms with Crippen molar-refractivity contribution in [2.24, 2.45) is 5.92 Å². The summed E-state index contributed by atoms with van der Waals surface area (Å²) < 4.78 is 0. The van der Waals surface area contributed by atoms with Crippen LogP contribution in [0.3, 0.4) is 0 Å². The summed E-state index contributed by atoms with van der Waals surface area (Å²) in [5.74, 6) is 0.864. The molecule has 1 amide bonds. The van der Waals surface area contributed by atoms with E-state index in [1.54, 1.807) is 12.4 Å². The molecule has 0 aliphatic heterocycles. The predicted octanol–water partition coefficient (Wildman–Crippen LogP) is 1.77. The third kappa shape index (κ3) is 3.51. The standard InChI is InChI=1S/C10H15N3O/c1-7(2)4-10(14)13-9-6-11-5-8(3)12-9/h5-7H,4H2,1-3H3,(H,12,13,14). The highest BCUT2D eigenvalue weighted by atomic mass is 16.1. The lowest BCUT2D eigenvalue weighted by Gasteiger charge is -2.05. The summed E-state index contributed by atoms with van der Waals surface area (Å²) in [4.78, 5) is 19.4. The molecule has 76 valence electrons. The van der Waals surface area contributed by atoms with E-state index in [0.29, 0.717) is 18.2 Å². The number of carbonyl (C=O) groups is 1. The van der Waals surface area contributed by atoms with Crippen LogP contribution >= 0.6 is 0 Å². The summed E-state index contributed by atoms with van der Waals surface area (Å²) in [6, 6.07) is 0. The molecule has 1 rings (SSSR count). The molecule has 0 spiro atoms. The smallest absolute Gasteiger partial charge is 0.225 e. The topological polar surface area (TPSA) is 54.9 Å². The average Bonchev–Trinajstić information content (AvgIpc) is 2.01. The quantitative estimate of drug-likeness (QED) is 0.796. The number of nitrogens with zero attached hydrogens (tertiary/aromatic N) is 2. The van der Waals surface area contributed by atoms with E-state index < -0.39 is 0 Å². The predicted molar refractivity (Wildman–Crippen MR) is 54.9 cm³/mol. The average molecular weight is 193 g/mol. The maximum Gasteiger partial charge on any atom is 0.225 e. The number of carbonyl (C=O) groups excluding carboxylic acids is 1. The van der Waals surface area contributed by atoms with Gasteiger partial charge in [0.1, 0.15) is 0 Å². The van der Waals surface area contributed by atoms with Crippen LogP contribution in [-0.2, 0) is 4.79 Å². The van der Waals surface area contributed by atoms with Gasteiger partial charge in [-0.3, -0.25) is 9.78 Å². The molecule has 4 heteroatoms. The van der Waals surface area contributed by atoms with E-state index in [0.717, 1.165) is 5.69 Å². The Morgan fingerprint density at radius 2 is 2.21 bits per heavy atom. The Hall–Kier alpha value is -1.45. The molecule has 0 aliphatic carbocycles. The van der Waals surface area contributed by atoms with Gasteiger partial charge in [-0.05, 0) is 12.8 Å². The van der Waals surface area contributed by atoms with Gasteiger partial charge in [0, 0.05) is 12.6 Å². The van der Waals surface area contributed by atoms with Gasteiger partial charge in [-0.25, -0.2) is 4.98 Å². The Kier molecular flexibility index (Phi) is 3.56. The molecular weight excluding hydrogens is 178 g/mol. The fraction of sp³-hybridized carbons (Fsp3) is 0.500. The zero-order valence-electron chi connectivity index (χ0n) is 8.74. The number of rotatable bonds is 3. The molecule has 0 radical (unpaired) electrons. The van der Waals surface area contributed by atoms with Crippen molar-refractivity contribution in [2.75, 3.05) is 5.32 Å². The molecule has 14 heavy (non-hydrogen) atoms. The first-order valence-corrected chi connectivity index (χ1v) is 4.66. The van der Waals surface area contributed by atoms with Crippen LogP contribution < -0.4 is 5.32 Å². The van der Waals surface area contributed by atoms with Crippen molar-refractivity contribution in [3.63, 3.8) is 0 Å². The van der Waals surface area contributed by atoms with Gasteiger partial charge in [0.15, 0.2) is 5.82 Å². The molecule has 1 aromatic rings. The van der Waals surface area contributed by atoms with Crippen LogP contribution in [0.2, 0.25) is 0 Å². The van der Waals surface area contributed by atoms with Gasteiger partial charge in [0.05, 0.1) is 11.9 Å². The Labute approximate surface area is 83.8 Å². The molecule has 0 unspecified atom stereocenters. The van der Waals surface area contributed by atoms with Crippen LogP contribution in [0.15, 0.2) is 12.4 Å². The molecule has 1 N–H and O–H groups in total. The minimum absolute atomic E-state index is 0.0140. The number of anilines is 1. The molecule has 0 fully saturated rings. The third-order valence-corrected chi connectivity index (χ3v) is 1.62. The first-order valence-electron chi connectivity index (χ1n) is 4.66. The van der Waals surface area contributed by atoms with Crippen molar-refractivity contribution >= 4 is 11.7 Å². The molecule has 0 atom stereocenters. The second-order valence-corrected chi connectivity index (χ2v) is 3.69. The van der Waals surface area contributed by atoms with E-state index in [4.69, 9.17) is 0 Å². The summed E-state index contributed by atoms with van der Waals surface area (Å²) in [6.45, 7) is 5.84. The summed E-state index contributed by atoms with van der Waals surface area (Å²) in [6.07, 6.45) is 3.71. The lowest BCUT2D eigenvalue weighted by Crippen LogP contribution is -2.15. The molecule has 4 nitrogen and oxygen atoms in total. The van der Waals surface area contributed by atoms with E-state index in [1.165, 1.54) is 0 Å². The van der Waals surface area contributed by atoms with Crippen LogP contribution in [0.25, 0.3) is 0 Å². The third-order valence-electron chi connectivity index (χ3n) is 1.62. The highest BCUT2D eigenvalue weighted by Gasteiger charge is 2.05. The van der Waals surface area contributed by atoms with Crippen molar-refractivity contribution in [1.29, 1.82) is 0 Å². The Balaban J connectivity index is 2.56. The number of amides is 1. The Bertz CT molecular complexity index is 323. The first-order chi connectivity index (χ1) is 6.58. The number of nitrogens with one attached hydrogen (secondary N) is 1. The fourth-order valence-electron chi connectivity index (χ4n) is 1.09. The fourth-order valence-corrected chi connectivity index (χ4v) is 1.09. The van der Waals surface area contributed by atoms with Crippen molar-refractivity contribution in [3.05, 3.63) is 18.1 Å². The van der Waals surface area contributed by atoms with E-state index in [2.05, 4.69) is 15.3 Å². The van der Waals surface area contributed by atoms with Gasteiger partial charge >= 0.3 is 0 Å². The van der Waals surface area contributed by atoms with Gasteiger partial charge < -0.3 is 5.32 Å². The second kappa shape index (κ2) is 4.69. The normalized spacial score (nSPS) is 10.3. The first kappa shape index (κ1) is 10.6. The second-order valence-electron chi connectivity index (χ2n) is 3.69. The molecule has 1 heterocycles. The Morgan fingerprint density at radius 1 is 1.50 bits per heavy atom. The van der Waals surface area contributed by atoms with E-state index in [-0.39, 0.29) is 5.91 Å². The minimum atomic E-state index is -0.0140. The van der Waals surface area contributed by atoms with Gasteiger partial charge in [-0.15, -0.1) is 0 Å². The van der Waals surface area contributed by atoms with Crippen molar-refractivity contribution in [3.8, 4) is 0 Å². The number of aromatic nitrogens is 2. The molecule has 0 saturated carbocycles. The molecular formula is C10H15N3O. The monoisotopic (exact) mass is 193 g/mol. The van der Waals surface area contributed by atoms with Crippen molar-refractivity contribution < 1.29 is 4.79 Å². The van der Waals surface area contributed by atoms with Crippen LogP contribution in [0.1, 0.15) is 26.0 Å². The lowest BCUT2D eigenvalue weighted by atomic mass is 10.1. The number of aryl methyl sites for hydroxylation is 1. The van der Waals surface area contributed by atoms with Crippen molar-refractivity contribution in [2.45, 2.75) is 27.2 Å². The number of hydrogen-bond donors (Lipinski definition) is 1. The largest absolute Gasteiger partial charge is 0.309 e. The highest BCUT2D eigenvalue weighted by molar-refractivity contribution is 5.89. The summed E-state index contributed by atoms with van der Waals surface area (Å²) >= 11 is 0. The molecule has 0 saturated heterocycles. The van der Waals surface area contributed by atoms with Crippen LogP contribution in [-0.4, -0.2) is 15.9 Å². The lowest BCUT2D eigenvalue weighted by molar-refractivity contribution is -0.116. The van der Waals surface area contributed by atoms with Crippen LogP contribution in [0.4, 0.5) is 5.82 Å². The maximum absolute atomic E-state index is 11.4. The molecule has 0 bridgehead atoms. The minimum Gasteiger partial charge on any atom is -0.309 e. The van der Waals surface area contributed by atoms with Crippen LogP contribution in [0.5, 0.6) is 0 Å². The van der Waals surface area contributed by atoms with E-state index >= 15 is 0 Å². The van der Waals surface area contributed by atoms with Gasteiger partial charge in [-0.2, -0.15) is 0 Å². The molecule has 0 aliphatic rings. The SMILES string of the molecule is Cc1cncc(NC(=O)CC(C)C)n1. The summed E-state index contributed by atoms with van der Waals surface area (Å²) in [7, 11) is 0. The number of hydrogen-bond acceptors (Lipinski definition) is 3. The summed E-state index contributed by atoms with van der Waals surface area (Å²) in [5.41, 5.74) is 0.798. The molecule has 0 aromatic carbocycles. The zero-order chi connectivity index (χ0) is 10.6. The Morgan fingerprint density at radius 3 is 2.79 bits per heavy atom. The highest BCUT2D eigenvalue weighted by Crippen LogP contribution is 2.05. The van der Waals surface area contributed by atoms with Gasteiger partial charge in [0.25, 0.3) is 0 Å². The molecule has 1 aromatic heterocycles. The van der Waals surface area contributed by atoms with Gasteiger partial charge in [-0.1, -0.05) is 13.8 Å². The van der Waals surface area contributed by atoms with Crippen LogP contribution in [0, 0.1) is 12.8 Å².